The summed E-state index contributed by atoms with van der Waals surface area (Å²) in [6.45, 7) is 5.22. The predicted molar refractivity (Wildman–Crippen MR) is 126 cm³/mol. The maximum absolute atomic E-state index is 13.0. The highest BCUT2D eigenvalue weighted by Crippen LogP contribution is 2.19. The Morgan fingerprint density at radius 1 is 0.941 bits per heavy atom. The SMILES string of the molecule is CCOC(=O)c1cc(NC(=O)c2nn(-c3ccc(Cl)cc3)c(C)cc2=O)cc(C(=O)OCC)c1. The fraction of sp³-hybridized carbons (Fsp3) is 0.208. The third-order valence-corrected chi connectivity index (χ3v) is 4.86. The molecule has 0 aliphatic heterocycles. The number of rotatable bonds is 7. The number of benzene rings is 2. The van der Waals surface area contributed by atoms with Gasteiger partial charge < -0.3 is 14.8 Å². The molecule has 34 heavy (non-hydrogen) atoms. The molecule has 176 valence electrons. The zero-order valence-electron chi connectivity index (χ0n) is 18.8. The van der Waals surface area contributed by atoms with Crippen molar-refractivity contribution in [2.75, 3.05) is 18.5 Å². The van der Waals surface area contributed by atoms with Gasteiger partial charge >= 0.3 is 11.9 Å². The molecule has 1 aromatic heterocycles. The van der Waals surface area contributed by atoms with Gasteiger partial charge in [-0.1, -0.05) is 11.6 Å². The summed E-state index contributed by atoms with van der Waals surface area (Å²) in [5, 5.41) is 7.26. The predicted octanol–water partition coefficient (Wildman–Crippen LogP) is 3.80. The van der Waals surface area contributed by atoms with E-state index in [4.69, 9.17) is 21.1 Å². The first-order valence-corrected chi connectivity index (χ1v) is 10.8. The molecule has 0 aliphatic carbocycles. The van der Waals surface area contributed by atoms with Gasteiger partial charge in [0.1, 0.15) is 0 Å². The number of hydrogen-bond donors (Lipinski definition) is 1. The van der Waals surface area contributed by atoms with E-state index in [0.717, 1.165) is 0 Å². The Morgan fingerprint density at radius 2 is 1.50 bits per heavy atom. The zero-order valence-corrected chi connectivity index (χ0v) is 19.5. The van der Waals surface area contributed by atoms with E-state index in [1.807, 2.05) is 0 Å². The topological polar surface area (TPSA) is 117 Å². The molecule has 9 nitrogen and oxygen atoms in total. The third kappa shape index (κ3) is 5.68. The molecule has 2 aromatic carbocycles. The van der Waals surface area contributed by atoms with E-state index in [1.165, 1.54) is 28.9 Å². The molecule has 3 aromatic rings. The molecule has 0 bridgehead atoms. The van der Waals surface area contributed by atoms with Crippen LogP contribution < -0.4 is 10.7 Å². The van der Waals surface area contributed by atoms with Gasteiger partial charge in [0.05, 0.1) is 30.0 Å². The average molecular weight is 484 g/mol. The van der Waals surface area contributed by atoms with Crippen molar-refractivity contribution in [2.45, 2.75) is 20.8 Å². The van der Waals surface area contributed by atoms with Crippen LogP contribution in [0.2, 0.25) is 5.02 Å². The number of halogens is 1. The fourth-order valence-corrected chi connectivity index (χ4v) is 3.23. The first-order valence-electron chi connectivity index (χ1n) is 10.4. The number of hydrogen-bond acceptors (Lipinski definition) is 7. The van der Waals surface area contributed by atoms with Crippen molar-refractivity contribution in [1.29, 1.82) is 0 Å². The normalized spacial score (nSPS) is 10.5. The zero-order chi connectivity index (χ0) is 24.8. The minimum absolute atomic E-state index is 0.0399. The summed E-state index contributed by atoms with van der Waals surface area (Å²) in [6, 6.07) is 12.0. The molecule has 0 aliphatic rings. The standard InChI is InChI=1S/C24H22ClN3O6/c1-4-33-23(31)15-11-16(24(32)34-5-2)13-18(12-15)26-22(30)21-20(29)10-14(3)28(27-21)19-8-6-17(25)7-9-19/h6-13H,4-5H2,1-3H3,(H,26,30). The van der Waals surface area contributed by atoms with Crippen LogP contribution in [0.15, 0.2) is 53.3 Å². The van der Waals surface area contributed by atoms with Gasteiger partial charge in [-0.05, 0) is 63.2 Å². The molecular formula is C24H22ClN3O6. The van der Waals surface area contributed by atoms with E-state index in [9.17, 15) is 19.2 Å². The summed E-state index contributed by atoms with van der Waals surface area (Å²) in [5.74, 6) is -2.17. The highest BCUT2D eigenvalue weighted by Gasteiger charge is 2.19. The number of carbonyl (C=O) groups is 3. The smallest absolute Gasteiger partial charge is 0.338 e. The van der Waals surface area contributed by atoms with Crippen LogP contribution >= 0.6 is 11.6 Å². The largest absolute Gasteiger partial charge is 0.462 e. The number of aryl methyl sites for hydroxylation is 1. The van der Waals surface area contributed by atoms with Gasteiger partial charge in [-0.3, -0.25) is 9.59 Å². The molecule has 1 heterocycles. The van der Waals surface area contributed by atoms with E-state index in [2.05, 4.69) is 10.4 Å². The van der Waals surface area contributed by atoms with E-state index in [-0.39, 0.29) is 35.7 Å². The molecule has 0 atom stereocenters. The highest BCUT2D eigenvalue weighted by molar-refractivity contribution is 6.30. The fourth-order valence-electron chi connectivity index (χ4n) is 3.10. The van der Waals surface area contributed by atoms with Crippen LogP contribution in [0.25, 0.3) is 5.69 Å². The van der Waals surface area contributed by atoms with Gasteiger partial charge in [-0.25, -0.2) is 14.3 Å². The Labute approximate surface area is 200 Å². The molecule has 10 heteroatoms. The molecule has 0 saturated carbocycles. The number of nitrogens with zero attached hydrogens (tertiary/aromatic N) is 2. The molecule has 0 spiro atoms. The van der Waals surface area contributed by atoms with Crippen LogP contribution in [0.1, 0.15) is 50.7 Å². The molecule has 1 amide bonds. The lowest BCUT2D eigenvalue weighted by atomic mass is 10.1. The monoisotopic (exact) mass is 483 g/mol. The maximum atomic E-state index is 13.0. The van der Waals surface area contributed by atoms with Crippen LogP contribution in [0, 0.1) is 6.92 Å². The van der Waals surface area contributed by atoms with Crippen molar-refractivity contribution in [3.8, 4) is 5.69 Å². The minimum atomic E-state index is -0.816. The first-order chi connectivity index (χ1) is 16.2. The lowest BCUT2D eigenvalue weighted by Crippen LogP contribution is -2.27. The molecule has 0 radical (unpaired) electrons. The average Bonchev–Trinajstić information content (AvgIpc) is 2.80. The van der Waals surface area contributed by atoms with Crippen molar-refractivity contribution in [3.63, 3.8) is 0 Å². The van der Waals surface area contributed by atoms with Crippen LogP contribution in [-0.2, 0) is 9.47 Å². The van der Waals surface area contributed by atoms with E-state index < -0.39 is 23.3 Å². The summed E-state index contributed by atoms with van der Waals surface area (Å²) in [6.07, 6.45) is 0. The van der Waals surface area contributed by atoms with Gasteiger partial charge in [-0.2, -0.15) is 5.10 Å². The second-order valence-corrected chi connectivity index (χ2v) is 7.52. The van der Waals surface area contributed by atoms with Crippen molar-refractivity contribution in [3.05, 3.63) is 86.3 Å². The van der Waals surface area contributed by atoms with Gasteiger partial charge in [0, 0.05) is 22.5 Å². The molecule has 0 saturated heterocycles. The molecule has 3 rings (SSSR count). The molecule has 0 unspecified atom stereocenters. The Kier molecular flexibility index (Phi) is 7.80. The number of anilines is 1. The van der Waals surface area contributed by atoms with Crippen molar-refractivity contribution < 1.29 is 23.9 Å². The Hall–Kier alpha value is -3.98. The molecule has 1 N–H and O–H groups in total. The van der Waals surface area contributed by atoms with E-state index in [1.54, 1.807) is 45.0 Å². The molecule has 0 fully saturated rings. The third-order valence-electron chi connectivity index (χ3n) is 4.61. The summed E-state index contributed by atoms with van der Waals surface area (Å²) >= 11 is 5.94. The number of carbonyl (C=O) groups excluding carboxylic acids is 3. The highest BCUT2D eigenvalue weighted by atomic mass is 35.5. The number of amides is 1. The van der Waals surface area contributed by atoms with Gasteiger partial charge in [-0.15, -0.1) is 0 Å². The summed E-state index contributed by atoms with van der Waals surface area (Å²) in [7, 11) is 0. The number of aromatic nitrogens is 2. The number of ether oxygens (including phenoxy) is 2. The van der Waals surface area contributed by atoms with Crippen molar-refractivity contribution >= 4 is 35.1 Å². The maximum Gasteiger partial charge on any atom is 0.338 e. The Balaban J connectivity index is 1.99. The molecular weight excluding hydrogens is 462 g/mol. The van der Waals surface area contributed by atoms with Crippen LogP contribution in [0.3, 0.4) is 0 Å². The first kappa shape index (κ1) is 24.7. The second kappa shape index (κ2) is 10.8. The van der Waals surface area contributed by atoms with Crippen LogP contribution in [0.4, 0.5) is 5.69 Å². The van der Waals surface area contributed by atoms with E-state index in [0.29, 0.717) is 16.4 Å². The quantitative estimate of drug-likeness (QED) is 0.508. The summed E-state index contributed by atoms with van der Waals surface area (Å²) in [5.41, 5.74) is 0.324. The van der Waals surface area contributed by atoms with Gasteiger partial charge in [0.2, 0.25) is 5.43 Å². The summed E-state index contributed by atoms with van der Waals surface area (Å²) < 4.78 is 11.4. The number of nitrogens with one attached hydrogen (secondary N) is 1. The van der Waals surface area contributed by atoms with E-state index >= 15 is 0 Å². The lowest BCUT2D eigenvalue weighted by Gasteiger charge is -2.13. The van der Waals surface area contributed by atoms with Crippen molar-refractivity contribution in [1.82, 2.24) is 9.78 Å². The second-order valence-electron chi connectivity index (χ2n) is 7.08. The Bertz CT molecular complexity index is 1260. The van der Waals surface area contributed by atoms with Gasteiger partial charge in [0.25, 0.3) is 5.91 Å². The Morgan fingerprint density at radius 3 is 2.03 bits per heavy atom. The number of esters is 2. The summed E-state index contributed by atoms with van der Waals surface area (Å²) in [4.78, 5) is 50.0. The van der Waals surface area contributed by atoms with Gasteiger partial charge in [0.15, 0.2) is 5.69 Å². The minimum Gasteiger partial charge on any atom is -0.462 e. The van der Waals surface area contributed by atoms with Crippen LogP contribution in [-0.4, -0.2) is 40.8 Å². The van der Waals surface area contributed by atoms with Crippen LogP contribution in [0.5, 0.6) is 0 Å². The lowest BCUT2D eigenvalue weighted by molar-refractivity contribution is 0.0525. The van der Waals surface area contributed by atoms with Crippen molar-refractivity contribution in [2.24, 2.45) is 0 Å².